The Kier molecular flexibility index (Phi) is 5.09. The number of carbonyl (C=O) groups is 1. The minimum Gasteiger partial charge on any atom is -0.462 e. The van der Waals surface area contributed by atoms with Crippen LogP contribution in [-0.4, -0.2) is 24.3 Å². The van der Waals surface area contributed by atoms with Gasteiger partial charge in [0, 0.05) is 17.4 Å². The third kappa shape index (κ3) is 4.38. The van der Waals surface area contributed by atoms with E-state index < -0.39 is 0 Å². The fourth-order valence-electron chi connectivity index (χ4n) is 3.97. The highest BCUT2D eigenvalue weighted by atomic mass is 16.5. The number of ether oxygens (including phenoxy) is 1. The summed E-state index contributed by atoms with van der Waals surface area (Å²) in [5.74, 6) is -0.305. The van der Waals surface area contributed by atoms with Crippen LogP contribution in [0.3, 0.4) is 0 Å². The number of hydrogen-bond acceptors (Lipinski definition) is 4. The van der Waals surface area contributed by atoms with Crippen LogP contribution in [0.2, 0.25) is 0 Å². The molecule has 0 saturated carbocycles. The zero-order valence-electron chi connectivity index (χ0n) is 16.8. The second-order valence-corrected chi connectivity index (χ2v) is 8.40. The molecule has 0 fully saturated rings. The van der Waals surface area contributed by atoms with E-state index in [0.717, 1.165) is 17.7 Å². The highest BCUT2D eigenvalue weighted by Gasteiger charge is 2.36. The van der Waals surface area contributed by atoms with Gasteiger partial charge in [-0.25, -0.2) is 4.79 Å². The number of anilines is 1. The van der Waals surface area contributed by atoms with Crippen LogP contribution in [0.1, 0.15) is 62.5 Å². The van der Waals surface area contributed by atoms with Gasteiger partial charge in [0.15, 0.2) is 0 Å². The maximum absolute atomic E-state index is 11.7. The standard InChI is InChI=1S/C23H28N2O2/c1-6-27-21(26)17-8-10-18(11-9-17)24-14-16-7-12-20-19(13-16)22(2,3)15-23(4,5)25-20/h7-14,25H,6,15H2,1-5H3. The lowest BCUT2D eigenvalue weighted by Crippen LogP contribution is -2.43. The number of rotatable bonds is 4. The largest absolute Gasteiger partial charge is 0.462 e. The van der Waals surface area contributed by atoms with Crippen molar-refractivity contribution in [3.05, 3.63) is 59.2 Å². The summed E-state index contributed by atoms with van der Waals surface area (Å²) in [7, 11) is 0. The molecule has 2 aromatic rings. The van der Waals surface area contributed by atoms with E-state index in [0.29, 0.717) is 12.2 Å². The van der Waals surface area contributed by atoms with Crippen molar-refractivity contribution in [1.82, 2.24) is 0 Å². The number of esters is 1. The van der Waals surface area contributed by atoms with Crippen molar-refractivity contribution in [2.45, 2.75) is 52.0 Å². The van der Waals surface area contributed by atoms with Crippen LogP contribution in [-0.2, 0) is 10.2 Å². The third-order valence-electron chi connectivity index (χ3n) is 4.87. The Morgan fingerprint density at radius 1 is 1.15 bits per heavy atom. The van der Waals surface area contributed by atoms with Crippen molar-refractivity contribution >= 4 is 23.6 Å². The molecular formula is C23H28N2O2. The van der Waals surface area contributed by atoms with Crippen LogP contribution in [0.4, 0.5) is 11.4 Å². The van der Waals surface area contributed by atoms with Gasteiger partial charge < -0.3 is 10.1 Å². The minimum atomic E-state index is -0.305. The van der Waals surface area contributed by atoms with E-state index >= 15 is 0 Å². The molecule has 1 N–H and O–H groups in total. The van der Waals surface area contributed by atoms with E-state index in [1.165, 1.54) is 11.3 Å². The number of aliphatic imine (C=N–C) groups is 1. The number of fused-ring (bicyclic) bond motifs is 1. The van der Waals surface area contributed by atoms with Crippen LogP contribution >= 0.6 is 0 Å². The first-order valence-electron chi connectivity index (χ1n) is 9.44. The summed E-state index contributed by atoms with van der Waals surface area (Å²) in [5.41, 5.74) is 5.13. The zero-order chi connectivity index (χ0) is 19.7. The first-order valence-corrected chi connectivity index (χ1v) is 9.44. The number of nitrogens with zero attached hydrogens (tertiary/aromatic N) is 1. The molecule has 0 aliphatic carbocycles. The van der Waals surface area contributed by atoms with Crippen LogP contribution in [0.25, 0.3) is 0 Å². The van der Waals surface area contributed by atoms with E-state index in [-0.39, 0.29) is 16.9 Å². The van der Waals surface area contributed by atoms with E-state index in [4.69, 9.17) is 4.74 Å². The molecule has 0 bridgehead atoms. The summed E-state index contributed by atoms with van der Waals surface area (Å²) in [6.45, 7) is 11.2. The molecule has 1 heterocycles. The van der Waals surface area contributed by atoms with E-state index in [1.807, 2.05) is 18.3 Å². The molecule has 4 heteroatoms. The maximum Gasteiger partial charge on any atom is 0.338 e. The highest BCUT2D eigenvalue weighted by molar-refractivity contribution is 5.90. The normalized spacial score (nSPS) is 17.2. The molecule has 0 radical (unpaired) electrons. The number of nitrogens with one attached hydrogen (secondary N) is 1. The van der Waals surface area contributed by atoms with Gasteiger partial charge in [-0.2, -0.15) is 0 Å². The predicted octanol–water partition coefficient (Wildman–Crippen LogP) is 5.49. The molecule has 4 nitrogen and oxygen atoms in total. The fourth-order valence-corrected chi connectivity index (χ4v) is 3.97. The average Bonchev–Trinajstić information content (AvgIpc) is 2.59. The second-order valence-electron chi connectivity index (χ2n) is 8.40. The molecule has 0 unspecified atom stereocenters. The Morgan fingerprint density at radius 3 is 2.52 bits per heavy atom. The summed E-state index contributed by atoms with van der Waals surface area (Å²) < 4.78 is 5.00. The van der Waals surface area contributed by atoms with Gasteiger partial charge in [-0.15, -0.1) is 0 Å². The molecule has 3 rings (SSSR count). The number of carbonyl (C=O) groups excluding carboxylic acids is 1. The van der Waals surface area contributed by atoms with Crippen molar-refractivity contribution in [3.63, 3.8) is 0 Å². The van der Waals surface area contributed by atoms with Crippen molar-refractivity contribution < 1.29 is 9.53 Å². The lowest BCUT2D eigenvalue weighted by molar-refractivity contribution is 0.0526. The third-order valence-corrected chi connectivity index (χ3v) is 4.87. The summed E-state index contributed by atoms with van der Waals surface area (Å²) in [4.78, 5) is 16.3. The Hall–Kier alpha value is -2.62. The van der Waals surface area contributed by atoms with Crippen molar-refractivity contribution in [2.24, 2.45) is 4.99 Å². The van der Waals surface area contributed by atoms with Crippen LogP contribution in [0.5, 0.6) is 0 Å². The number of benzene rings is 2. The molecule has 142 valence electrons. The van der Waals surface area contributed by atoms with Gasteiger partial charge in [0.1, 0.15) is 0 Å². The molecular weight excluding hydrogens is 336 g/mol. The van der Waals surface area contributed by atoms with E-state index in [1.54, 1.807) is 19.1 Å². The van der Waals surface area contributed by atoms with Gasteiger partial charge in [0.05, 0.1) is 17.9 Å². The van der Waals surface area contributed by atoms with Crippen LogP contribution in [0.15, 0.2) is 47.5 Å². The zero-order valence-corrected chi connectivity index (χ0v) is 16.8. The van der Waals surface area contributed by atoms with Gasteiger partial charge in [0.2, 0.25) is 0 Å². The molecule has 0 amide bonds. The summed E-state index contributed by atoms with van der Waals surface area (Å²) in [6.07, 6.45) is 2.94. The summed E-state index contributed by atoms with van der Waals surface area (Å²) in [5, 5.41) is 3.63. The molecule has 0 atom stereocenters. The molecule has 1 aliphatic rings. The van der Waals surface area contributed by atoms with Crippen LogP contribution in [0, 0.1) is 0 Å². The van der Waals surface area contributed by atoms with Crippen molar-refractivity contribution in [3.8, 4) is 0 Å². The Balaban J connectivity index is 1.80. The molecule has 0 aromatic heterocycles. The molecule has 0 saturated heterocycles. The first kappa shape index (κ1) is 19.2. The quantitative estimate of drug-likeness (QED) is 0.577. The molecule has 0 spiro atoms. The van der Waals surface area contributed by atoms with Crippen molar-refractivity contribution in [1.29, 1.82) is 0 Å². The second kappa shape index (κ2) is 7.18. The molecule has 1 aliphatic heterocycles. The van der Waals surface area contributed by atoms with Crippen LogP contribution < -0.4 is 5.32 Å². The average molecular weight is 364 g/mol. The Bertz CT molecular complexity index is 864. The predicted molar refractivity (Wildman–Crippen MR) is 111 cm³/mol. The topological polar surface area (TPSA) is 50.7 Å². The minimum absolute atomic E-state index is 0.0901. The van der Waals surface area contributed by atoms with E-state index in [2.05, 4.69) is 56.2 Å². The smallest absolute Gasteiger partial charge is 0.338 e. The van der Waals surface area contributed by atoms with Gasteiger partial charge >= 0.3 is 5.97 Å². The first-order chi connectivity index (χ1) is 12.7. The van der Waals surface area contributed by atoms with Crippen molar-refractivity contribution in [2.75, 3.05) is 11.9 Å². The molecule has 27 heavy (non-hydrogen) atoms. The SMILES string of the molecule is CCOC(=O)c1ccc(N=Cc2ccc3c(c2)C(C)(C)CC(C)(C)N3)cc1. The highest BCUT2D eigenvalue weighted by Crippen LogP contribution is 2.43. The lowest BCUT2D eigenvalue weighted by Gasteiger charge is -2.43. The van der Waals surface area contributed by atoms with Gasteiger partial charge in [-0.1, -0.05) is 19.9 Å². The number of hydrogen-bond donors (Lipinski definition) is 1. The maximum atomic E-state index is 11.7. The monoisotopic (exact) mass is 364 g/mol. The lowest BCUT2D eigenvalue weighted by atomic mass is 9.71. The van der Waals surface area contributed by atoms with Gasteiger partial charge in [-0.3, -0.25) is 4.99 Å². The Labute approximate surface area is 161 Å². The summed E-state index contributed by atoms with van der Waals surface area (Å²) >= 11 is 0. The van der Waals surface area contributed by atoms with Gasteiger partial charge in [0.25, 0.3) is 0 Å². The fraction of sp³-hybridized carbons (Fsp3) is 0.391. The van der Waals surface area contributed by atoms with E-state index in [9.17, 15) is 4.79 Å². The summed E-state index contributed by atoms with van der Waals surface area (Å²) in [6, 6.07) is 13.6. The Morgan fingerprint density at radius 2 is 1.85 bits per heavy atom. The van der Waals surface area contributed by atoms with Gasteiger partial charge in [-0.05, 0) is 80.1 Å². The molecule has 2 aromatic carbocycles.